The Kier molecular flexibility index (Phi) is 4.87. The van der Waals surface area contributed by atoms with Gasteiger partial charge in [-0.05, 0) is 35.7 Å². The molecule has 0 bridgehead atoms. The van der Waals surface area contributed by atoms with Gasteiger partial charge in [0.1, 0.15) is 0 Å². The number of thioether (sulfide) groups is 1. The Labute approximate surface area is 120 Å². The van der Waals surface area contributed by atoms with Crippen LogP contribution in [0.3, 0.4) is 0 Å². The summed E-state index contributed by atoms with van der Waals surface area (Å²) in [5, 5.41) is 9.12. The molecule has 0 atom stereocenters. The van der Waals surface area contributed by atoms with Gasteiger partial charge in [0.05, 0.1) is 6.61 Å². The van der Waals surface area contributed by atoms with Gasteiger partial charge in [-0.3, -0.25) is 0 Å². The van der Waals surface area contributed by atoms with Gasteiger partial charge in [0.2, 0.25) is 0 Å². The maximum Gasteiger partial charge on any atom is 0.0692 e. The van der Waals surface area contributed by atoms with Gasteiger partial charge in [0.15, 0.2) is 0 Å². The summed E-state index contributed by atoms with van der Waals surface area (Å²) in [6.45, 7) is 2.21. The number of rotatable bonds is 4. The normalized spacial score (nSPS) is 10.6. The molecule has 0 aromatic heterocycles. The van der Waals surface area contributed by atoms with Crippen molar-refractivity contribution in [2.45, 2.75) is 24.2 Å². The molecule has 0 aliphatic rings. The Morgan fingerprint density at radius 1 is 1.11 bits per heavy atom. The van der Waals surface area contributed by atoms with E-state index >= 15 is 0 Å². The van der Waals surface area contributed by atoms with E-state index in [1.54, 1.807) is 0 Å². The summed E-state index contributed by atoms with van der Waals surface area (Å²) in [6.07, 6.45) is 0. The van der Waals surface area contributed by atoms with Gasteiger partial charge < -0.3 is 5.11 Å². The fourth-order valence-electron chi connectivity index (χ4n) is 1.68. The van der Waals surface area contributed by atoms with Crippen LogP contribution in [-0.4, -0.2) is 5.11 Å². The first-order valence-corrected chi connectivity index (χ1v) is 7.55. The predicted octanol–water partition coefficient (Wildman–Crippen LogP) is 4.54. The number of aliphatic hydroxyl groups is 1. The molecule has 0 spiro atoms. The van der Waals surface area contributed by atoms with Crippen LogP contribution in [0.2, 0.25) is 0 Å². The smallest absolute Gasteiger partial charge is 0.0692 e. The lowest BCUT2D eigenvalue weighted by atomic mass is 10.1. The van der Waals surface area contributed by atoms with Crippen molar-refractivity contribution in [3.8, 4) is 0 Å². The number of aryl methyl sites for hydroxylation is 1. The Morgan fingerprint density at radius 2 is 1.89 bits per heavy atom. The quantitative estimate of drug-likeness (QED) is 0.834. The molecule has 0 radical (unpaired) electrons. The van der Waals surface area contributed by atoms with Crippen LogP contribution < -0.4 is 0 Å². The van der Waals surface area contributed by atoms with Crippen LogP contribution in [0.5, 0.6) is 0 Å². The maximum atomic E-state index is 9.12. The molecule has 1 N–H and O–H groups in total. The number of hydrogen-bond acceptors (Lipinski definition) is 2. The number of halogens is 1. The first kappa shape index (κ1) is 13.7. The van der Waals surface area contributed by atoms with E-state index in [9.17, 15) is 0 Å². The Hall–Kier alpha value is -0.770. The first-order chi connectivity index (χ1) is 8.70. The molecule has 3 heteroatoms. The molecule has 0 fully saturated rings. The second kappa shape index (κ2) is 6.41. The van der Waals surface area contributed by atoms with Gasteiger partial charge in [-0.25, -0.2) is 0 Å². The maximum absolute atomic E-state index is 9.12. The zero-order valence-corrected chi connectivity index (χ0v) is 12.6. The summed E-state index contributed by atoms with van der Waals surface area (Å²) >= 11 is 5.28. The topological polar surface area (TPSA) is 20.2 Å². The Balaban J connectivity index is 2.07. The predicted molar refractivity (Wildman–Crippen MR) is 80.8 cm³/mol. The Bertz CT molecular complexity index is 540. The minimum Gasteiger partial charge on any atom is -0.392 e. The molecule has 0 saturated carbocycles. The van der Waals surface area contributed by atoms with E-state index in [-0.39, 0.29) is 6.61 Å². The molecule has 0 unspecified atom stereocenters. The molecule has 94 valence electrons. The highest BCUT2D eigenvalue weighted by Crippen LogP contribution is 2.28. The van der Waals surface area contributed by atoms with Gasteiger partial charge in [-0.1, -0.05) is 46.3 Å². The van der Waals surface area contributed by atoms with Crippen LogP contribution in [0, 0.1) is 6.92 Å². The van der Waals surface area contributed by atoms with Crippen molar-refractivity contribution in [1.82, 2.24) is 0 Å². The standard InChI is InChI=1S/C15H15BrOS/c1-11-4-2-3-5-13(11)10-18-14-7-6-12(9-17)15(16)8-14/h2-8,17H,9-10H2,1H3. The molecule has 0 saturated heterocycles. The highest BCUT2D eigenvalue weighted by Gasteiger charge is 2.02. The highest BCUT2D eigenvalue weighted by atomic mass is 79.9. The molecule has 2 aromatic rings. The van der Waals surface area contributed by atoms with Gasteiger partial charge >= 0.3 is 0 Å². The monoisotopic (exact) mass is 322 g/mol. The first-order valence-electron chi connectivity index (χ1n) is 5.77. The molecule has 2 rings (SSSR count). The van der Waals surface area contributed by atoms with E-state index in [1.807, 2.05) is 17.8 Å². The van der Waals surface area contributed by atoms with Crippen LogP contribution in [0.25, 0.3) is 0 Å². The van der Waals surface area contributed by atoms with E-state index in [0.29, 0.717) is 0 Å². The molecule has 2 aromatic carbocycles. The average molecular weight is 323 g/mol. The van der Waals surface area contributed by atoms with Crippen LogP contribution in [0.1, 0.15) is 16.7 Å². The minimum atomic E-state index is 0.0727. The second-order valence-corrected chi connectivity index (χ2v) is 6.03. The largest absolute Gasteiger partial charge is 0.392 e. The lowest BCUT2D eigenvalue weighted by Gasteiger charge is -2.07. The molecule has 18 heavy (non-hydrogen) atoms. The van der Waals surface area contributed by atoms with Crippen molar-refractivity contribution < 1.29 is 5.11 Å². The number of hydrogen-bond donors (Lipinski definition) is 1. The second-order valence-electron chi connectivity index (χ2n) is 4.13. The summed E-state index contributed by atoms with van der Waals surface area (Å²) in [4.78, 5) is 1.21. The fourth-order valence-corrected chi connectivity index (χ4v) is 3.35. The minimum absolute atomic E-state index is 0.0727. The highest BCUT2D eigenvalue weighted by molar-refractivity contribution is 9.10. The summed E-state index contributed by atoms with van der Waals surface area (Å²) in [5.41, 5.74) is 3.62. The van der Waals surface area contributed by atoms with Gasteiger partial charge in [-0.15, -0.1) is 11.8 Å². The van der Waals surface area contributed by atoms with Crippen molar-refractivity contribution in [3.05, 3.63) is 63.6 Å². The zero-order valence-electron chi connectivity index (χ0n) is 10.2. The number of benzene rings is 2. The van der Waals surface area contributed by atoms with E-state index in [1.165, 1.54) is 16.0 Å². The molecular weight excluding hydrogens is 308 g/mol. The lowest BCUT2D eigenvalue weighted by molar-refractivity contribution is 0.281. The molecule has 0 heterocycles. The lowest BCUT2D eigenvalue weighted by Crippen LogP contribution is -1.87. The van der Waals surface area contributed by atoms with Crippen molar-refractivity contribution in [2.75, 3.05) is 0 Å². The number of aliphatic hydroxyl groups excluding tert-OH is 1. The van der Waals surface area contributed by atoms with E-state index in [4.69, 9.17) is 5.11 Å². The van der Waals surface area contributed by atoms with Crippen LogP contribution in [-0.2, 0) is 12.4 Å². The molecular formula is C15H15BrOS. The van der Waals surface area contributed by atoms with E-state index in [0.717, 1.165) is 15.8 Å². The summed E-state index contributed by atoms with van der Waals surface area (Å²) < 4.78 is 0.972. The van der Waals surface area contributed by atoms with Crippen molar-refractivity contribution in [1.29, 1.82) is 0 Å². The summed E-state index contributed by atoms with van der Waals surface area (Å²) in [5.74, 6) is 0.970. The third-order valence-electron chi connectivity index (χ3n) is 2.85. The van der Waals surface area contributed by atoms with Crippen molar-refractivity contribution >= 4 is 27.7 Å². The van der Waals surface area contributed by atoms with Gasteiger partial charge in [-0.2, -0.15) is 0 Å². The molecule has 0 aliphatic carbocycles. The van der Waals surface area contributed by atoms with Crippen molar-refractivity contribution in [2.24, 2.45) is 0 Å². The molecule has 1 nitrogen and oxygen atoms in total. The summed E-state index contributed by atoms with van der Waals surface area (Å²) in [6, 6.07) is 14.5. The van der Waals surface area contributed by atoms with Crippen molar-refractivity contribution in [3.63, 3.8) is 0 Å². The average Bonchev–Trinajstić information content (AvgIpc) is 2.38. The summed E-state index contributed by atoms with van der Waals surface area (Å²) in [7, 11) is 0. The third-order valence-corrected chi connectivity index (χ3v) is 4.63. The molecule has 0 aliphatic heterocycles. The third kappa shape index (κ3) is 3.37. The van der Waals surface area contributed by atoms with E-state index in [2.05, 4.69) is 59.3 Å². The van der Waals surface area contributed by atoms with Crippen LogP contribution in [0.15, 0.2) is 51.8 Å². The van der Waals surface area contributed by atoms with Gasteiger partial charge in [0, 0.05) is 15.1 Å². The molecule has 0 amide bonds. The van der Waals surface area contributed by atoms with E-state index < -0.39 is 0 Å². The van der Waals surface area contributed by atoms with Crippen LogP contribution in [0.4, 0.5) is 0 Å². The zero-order chi connectivity index (χ0) is 13.0. The van der Waals surface area contributed by atoms with Crippen LogP contribution >= 0.6 is 27.7 Å². The SMILES string of the molecule is Cc1ccccc1CSc1ccc(CO)c(Br)c1. The van der Waals surface area contributed by atoms with Gasteiger partial charge in [0.25, 0.3) is 0 Å². The fraction of sp³-hybridized carbons (Fsp3) is 0.200. The Morgan fingerprint density at radius 3 is 2.56 bits per heavy atom.